The van der Waals surface area contributed by atoms with Gasteiger partial charge in [0.1, 0.15) is 6.61 Å². The van der Waals surface area contributed by atoms with Crippen molar-refractivity contribution in [3.63, 3.8) is 0 Å². The molecule has 5 nitrogen and oxygen atoms in total. The van der Waals surface area contributed by atoms with E-state index in [0.717, 1.165) is 17.0 Å². The average Bonchev–Trinajstić information content (AvgIpc) is 2.64. The minimum atomic E-state index is -4.73. The Hall–Kier alpha value is -3.03. The van der Waals surface area contributed by atoms with Crippen LogP contribution in [0.3, 0.4) is 0 Å². The highest BCUT2D eigenvalue weighted by Crippen LogP contribution is 2.44. The molecular weight excluding hydrogens is 363 g/mol. The maximum Gasteiger partial charge on any atom is 0.418 e. The maximum absolute atomic E-state index is 13.5. The fraction of sp³-hybridized carbons (Fsp3) is 0.263. The smallest absolute Gasteiger partial charge is 0.418 e. The van der Waals surface area contributed by atoms with Crippen LogP contribution in [0.15, 0.2) is 48.5 Å². The number of ether oxygens (including phenoxy) is 1. The molecule has 3 rings (SSSR count). The van der Waals surface area contributed by atoms with Crippen molar-refractivity contribution in [1.29, 1.82) is 0 Å². The molecule has 0 aromatic heterocycles. The van der Waals surface area contributed by atoms with Crippen LogP contribution < -0.4 is 4.90 Å². The quantitative estimate of drug-likeness (QED) is 0.857. The number of hydrogen-bond donors (Lipinski definition) is 1. The molecule has 142 valence electrons. The van der Waals surface area contributed by atoms with Crippen LogP contribution >= 0.6 is 0 Å². The lowest BCUT2D eigenvalue weighted by molar-refractivity contribution is -0.140. The van der Waals surface area contributed by atoms with Gasteiger partial charge in [-0.2, -0.15) is 13.2 Å². The van der Waals surface area contributed by atoms with Crippen LogP contribution in [-0.4, -0.2) is 23.7 Å². The van der Waals surface area contributed by atoms with Crippen molar-refractivity contribution in [2.45, 2.75) is 25.1 Å². The standard InChI is InChI=1S/C19H16F3NO4/c20-19(21,22)15-8-4-7-13-14(17(24)25)9-10-23(16(13)15)18(26)27-11-12-5-2-1-3-6-12/h1-8,14H,9-11H2,(H,24,25). The summed E-state index contributed by atoms with van der Waals surface area (Å²) >= 11 is 0. The zero-order valence-electron chi connectivity index (χ0n) is 14.1. The Morgan fingerprint density at radius 1 is 1.11 bits per heavy atom. The molecule has 1 atom stereocenters. The summed E-state index contributed by atoms with van der Waals surface area (Å²) in [4.78, 5) is 24.8. The first-order chi connectivity index (χ1) is 12.8. The number of carboxylic acid groups (broad SMARTS) is 1. The number of nitrogens with zero attached hydrogens (tertiary/aromatic N) is 1. The molecule has 1 aliphatic heterocycles. The van der Waals surface area contributed by atoms with Gasteiger partial charge < -0.3 is 9.84 Å². The van der Waals surface area contributed by atoms with Gasteiger partial charge in [0, 0.05) is 6.54 Å². The van der Waals surface area contributed by atoms with Gasteiger partial charge in [-0.1, -0.05) is 42.5 Å². The van der Waals surface area contributed by atoms with Gasteiger partial charge in [0.25, 0.3) is 0 Å². The van der Waals surface area contributed by atoms with E-state index in [4.69, 9.17) is 4.74 Å². The van der Waals surface area contributed by atoms with E-state index in [9.17, 15) is 27.9 Å². The van der Waals surface area contributed by atoms with Gasteiger partial charge in [0.2, 0.25) is 0 Å². The number of rotatable bonds is 3. The number of carboxylic acids is 1. The zero-order valence-corrected chi connectivity index (χ0v) is 14.1. The SMILES string of the molecule is O=C(O)C1CCN(C(=O)OCc2ccccc2)c2c1cccc2C(F)(F)F. The Kier molecular flexibility index (Phi) is 5.07. The van der Waals surface area contributed by atoms with Gasteiger partial charge in [0.05, 0.1) is 17.2 Å². The summed E-state index contributed by atoms with van der Waals surface area (Å²) in [5.74, 6) is -2.34. The van der Waals surface area contributed by atoms with Crippen LogP contribution in [0.5, 0.6) is 0 Å². The summed E-state index contributed by atoms with van der Waals surface area (Å²) < 4.78 is 45.6. The highest BCUT2D eigenvalue weighted by Gasteiger charge is 2.42. The fourth-order valence-electron chi connectivity index (χ4n) is 3.13. The van der Waals surface area contributed by atoms with E-state index in [1.807, 2.05) is 0 Å². The Morgan fingerprint density at radius 2 is 1.81 bits per heavy atom. The Labute approximate surface area is 153 Å². The molecule has 1 aliphatic rings. The zero-order chi connectivity index (χ0) is 19.6. The molecule has 1 heterocycles. The molecule has 8 heteroatoms. The molecule has 0 bridgehead atoms. The first-order valence-electron chi connectivity index (χ1n) is 8.20. The van der Waals surface area contributed by atoms with Crippen LogP contribution in [0.25, 0.3) is 0 Å². The van der Waals surface area contributed by atoms with E-state index < -0.39 is 35.4 Å². The summed E-state index contributed by atoms with van der Waals surface area (Å²) in [6, 6.07) is 12.0. The number of halogens is 3. The number of hydrogen-bond acceptors (Lipinski definition) is 3. The third-order valence-corrected chi connectivity index (χ3v) is 4.38. The number of aliphatic carboxylic acids is 1. The number of amides is 1. The van der Waals surface area contributed by atoms with Gasteiger partial charge in [-0.3, -0.25) is 9.69 Å². The van der Waals surface area contributed by atoms with E-state index >= 15 is 0 Å². The summed E-state index contributed by atoms with van der Waals surface area (Å²) in [5, 5.41) is 9.34. The first-order valence-corrected chi connectivity index (χ1v) is 8.20. The van der Waals surface area contributed by atoms with Crippen LogP contribution in [0, 0.1) is 0 Å². The molecule has 1 amide bonds. The van der Waals surface area contributed by atoms with Crippen molar-refractivity contribution in [3.05, 3.63) is 65.2 Å². The molecule has 0 saturated heterocycles. The highest BCUT2D eigenvalue weighted by molar-refractivity contribution is 5.93. The van der Waals surface area contributed by atoms with Crippen molar-refractivity contribution in [3.8, 4) is 0 Å². The third-order valence-electron chi connectivity index (χ3n) is 4.38. The Balaban J connectivity index is 1.94. The summed E-state index contributed by atoms with van der Waals surface area (Å²) in [6.07, 6.45) is -5.67. The van der Waals surface area contributed by atoms with Crippen molar-refractivity contribution in [2.24, 2.45) is 0 Å². The molecule has 0 fully saturated rings. The molecule has 0 spiro atoms. The highest BCUT2D eigenvalue weighted by atomic mass is 19.4. The predicted molar refractivity (Wildman–Crippen MR) is 90.4 cm³/mol. The average molecular weight is 379 g/mol. The number of anilines is 1. The lowest BCUT2D eigenvalue weighted by atomic mass is 9.88. The second kappa shape index (κ2) is 7.30. The van der Waals surface area contributed by atoms with E-state index in [1.165, 1.54) is 6.07 Å². The van der Waals surface area contributed by atoms with Crippen molar-refractivity contribution >= 4 is 17.7 Å². The molecular formula is C19H16F3NO4. The van der Waals surface area contributed by atoms with Gasteiger partial charge in [-0.25, -0.2) is 4.79 Å². The van der Waals surface area contributed by atoms with E-state index in [0.29, 0.717) is 5.56 Å². The minimum absolute atomic E-state index is 0.00405. The number of carbonyl (C=O) groups excluding carboxylic acids is 1. The van der Waals surface area contributed by atoms with Gasteiger partial charge in [0.15, 0.2) is 0 Å². The second-order valence-electron chi connectivity index (χ2n) is 6.11. The van der Waals surface area contributed by atoms with Crippen molar-refractivity contribution < 1.29 is 32.6 Å². The number of fused-ring (bicyclic) bond motifs is 1. The molecule has 2 aromatic rings. The topological polar surface area (TPSA) is 66.8 Å². The van der Waals surface area contributed by atoms with E-state index in [2.05, 4.69) is 0 Å². The van der Waals surface area contributed by atoms with E-state index in [1.54, 1.807) is 30.3 Å². The normalized spacial score (nSPS) is 16.6. The Morgan fingerprint density at radius 3 is 2.44 bits per heavy atom. The van der Waals surface area contributed by atoms with Crippen LogP contribution in [0.2, 0.25) is 0 Å². The molecule has 0 aliphatic carbocycles. The molecule has 0 radical (unpaired) electrons. The van der Waals surface area contributed by atoms with Gasteiger partial charge >= 0.3 is 18.2 Å². The molecule has 2 aromatic carbocycles. The van der Waals surface area contributed by atoms with Crippen LogP contribution in [-0.2, 0) is 22.3 Å². The molecule has 1 N–H and O–H groups in total. The number of para-hydroxylation sites is 1. The minimum Gasteiger partial charge on any atom is -0.481 e. The van der Waals surface area contributed by atoms with Crippen LogP contribution in [0.4, 0.5) is 23.7 Å². The Bertz CT molecular complexity index is 852. The third kappa shape index (κ3) is 3.89. The molecule has 27 heavy (non-hydrogen) atoms. The monoisotopic (exact) mass is 379 g/mol. The van der Waals surface area contributed by atoms with E-state index in [-0.39, 0.29) is 25.1 Å². The molecule has 1 unspecified atom stereocenters. The summed E-state index contributed by atoms with van der Waals surface area (Å²) in [5.41, 5.74) is -0.847. The predicted octanol–water partition coefficient (Wildman–Crippen LogP) is 4.42. The van der Waals surface area contributed by atoms with Crippen molar-refractivity contribution in [1.82, 2.24) is 0 Å². The number of carbonyl (C=O) groups is 2. The molecule has 0 saturated carbocycles. The largest absolute Gasteiger partial charge is 0.481 e. The summed E-state index contributed by atoms with van der Waals surface area (Å²) in [7, 11) is 0. The van der Waals surface area contributed by atoms with Crippen LogP contribution in [0.1, 0.15) is 29.0 Å². The lowest BCUT2D eigenvalue weighted by Gasteiger charge is -2.34. The van der Waals surface area contributed by atoms with Crippen molar-refractivity contribution in [2.75, 3.05) is 11.4 Å². The lowest BCUT2D eigenvalue weighted by Crippen LogP contribution is -2.40. The number of benzene rings is 2. The fourth-order valence-corrected chi connectivity index (χ4v) is 3.13. The first kappa shape index (κ1) is 18.8. The maximum atomic E-state index is 13.5. The second-order valence-corrected chi connectivity index (χ2v) is 6.11. The number of alkyl halides is 3. The van der Waals surface area contributed by atoms with Gasteiger partial charge in [-0.15, -0.1) is 0 Å². The summed E-state index contributed by atoms with van der Waals surface area (Å²) in [6.45, 7) is -0.271. The van der Waals surface area contributed by atoms with Gasteiger partial charge in [-0.05, 0) is 23.6 Å².